The SMILES string of the molecule is C=C(SCC1(CC(=O)O)CC1)[C@H](CCc1ccccc1C(C)(C)O)c1cccc(/C=C/c2ccc3ccc(Cl)cc3n2)c1. The molecule has 5 rings (SSSR count). The molecule has 1 aliphatic carbocycles. The molecule has 0 amide bonds. The molecule has 0 radical (unpaired) electrons. The van der Waals surface area contributed by atoms with Crippen LogP contribution < -0.4 is 0 Å². The molecule has 2 N–H and O–H groups in total. The summed E-state index contributed by atoms with van der Waals surface area (Å²) in [5, 5.41) is 21.9. The molecule has 4 aromatic rings. The first-order valence-corrected chi connectivity index (χ1v) is 16.1. The van der Waals surface area contributed by atoms with E-state index in [9.17, 15) is 15.0 Å². The third-order valence-electron chi connectivity index (χ3n) is 8.25. The van der Waals surface area contributed by atoms with E-state index in [0.717, 1.165) is 69.6 Å². The van der Waals surface area contributed by atoms with Crippen molar-refractivity contribution < 1.29 is 15.0 Å². The van der Waals surface area contributed by atoms with Crippen molar-refractivity contribution in [3.05, 3.63) is 123 Å². The molecule has 1 atom stereocenters. The maximum absolute atomic E-state index is 11.4. The maximum atomic E-state index is 11.4. The molecule has 0 unspecified atom stereocenters. The molecular weight excluding hydrogens is 574 g/mol. The summed E-state index contributed by atoms with van der Waals surface area (Å²) in [6.07, 6.45) is 7.83. The quantitative estimate of drug-likeness (QED) is 0.157. The van der Waals surface area contributed by atoms with Gasteiger partial charge in [-0.05, 0) is 96.4 Å². The normalized spacial score (nSPS) is 15.1. The number of carboxylic acid groups (broad SMARTS) is 1. The minimum absolute atomic E-state index is 0.0646. The van der Waals surface area contributed by atoms with Crippen molar-refractivity contribution >= 4 is 52.4 Å². The van der Waals surface area contributed by atoms with Gasteiger partial charge in [-0.25, -0.2) is 4.98 Å². The molecule has 222 valence electrons. The van der Waals surface area contributed by atoms with E-state index in [2.05, 4.69) is 49.1 Å². The first-order chi connectivity index (χ1) is 20.5. The Bertz CT molecular complexity index is 1670. The number of rotatable bonds is 13. The molecule has 1 aromatic heterocycles. The Hall–Kier alpha value is -3.38. The summed E-state index contributed by atoms with van der Waals surface area (Å²) in [5.74, 6) is 0.105. The maximum Gasteiger partial charge on any atom is 0.303 e. The molecule has 1 aliphatic rings. The minimum Gasteiger partial charge on any atom is -0.481 e. The Morgan fingerprint density at radius 2 is 1.84 bits per heavy atom. The van der Waals surface area contributed by atoms with E-state index in [-0.39, 0.29) is 17.8 Å². The number of carboxylic acids is 1. The topological polar surface area (TPSA) is 70.4 Å². The van der Waals surface area contributed by atoms with Gasteiger partial charge in [0.05, 0.1) is 23.2 Å². The Morgan fingerprint density at radius 3 is 2.58 bits per heavy atom. The smallest absolute Gasteiger partial charge is 0.303 e. The third-order valence-corrected chi connectivity index (χ3v) is 9.90. The van der Waals surface area contributed by atoms with Gasteiger partial charge in [0.1, 0.15) is 0 Å². The van der Waals surface area contributed by atoms with Gasteiger partial charge in [-0.3, -0.25) is 4.79 Å². The highest BCUT2D eigenvalue weighted by Crippen LogP contribution is 2.53. The molecule has 0 bridgehead atoms. The molecule has 1 heterocycles. The number of benzene rings is 3. The van der Waals surface area contributed by atoms with Crippen LogP contribution in [0.15, 0.2) is 90.3 Å². The molecular formula is C37H38ClNO3S. The number of allylic oxidation sites excluding steroid dienone is 1. The molecule has 4 nitrogen and oxygen atoms in total. The Kier molecular flexibility index (Phi) is 9.45. The van der Waals surface area contributed by atoms with Gasteiger partial charge in [0.2, 0.25) is 0 Å². The lowest BCUT2D eigenvalue weighted by Gasteiger charge is -2.25. The summed E-state index contributed by atoms with van der Waals surface area (Å²) >= 11 is 7.89. The van der Waals surface area contributed by atoms with E-state index in [4.69, 9.17) is 16.6 Å². The van der Waals surface area contributed by atoms with Gasteiger partial charge >= 0.3 is 5.97 Å². The van der Waals surface area contributed by atoms with Crippen LogP contribution in [0.3, 0.4) is 0 Å². The minimum atomic E-state index is -0.931. The van der Waals surface area contributed by atoms with Gasteiger partial charge < -0.3 is 10.2 Å². The monoisotopic (exact) mass is 611 g/mol. The van der Waals surface area contributed by atoms with Crippen molar-refractivity contribution in [1.82, 2.24) is 4.98 Å². The molecule has 0 spiro atoms. The van der Waals surface area contributed by atoms with Crippen LogP contribution in [0.2, 0.25) is 5.02 Å². The Labute approximate surface area is 263 Å². The number of aryl methyl sites for hydroxylation is 1. The Morgan fingerprint density at radius 1 is 1.07 bits per heavy atom. The predicted molar refractivity (Wildman–Crippen MR) is 180 cm³/mol. The van der Waals surface area contributed by atoms with Crippen LogP contribution in [-0.4, -0.2) is 26.9 Å². The molecule has 0 saturated heterocycles. The average molecular weight is 612 g/mol. The van der Waals surface area contributed by atoms with Crippen LogP contribution in [0, 0.1) is 5.41 Å². The number of halogens is 1. The first kappa shape index (κ1) is 31.1. The molecule has 0 aliphatic heterocycles. The number of carbonyl (C=O) groups is 1. The van der Waals surface area contributed by atoms with Crippen LogP contribution in [0.4, 0.5) is 0 Å². The fourth-order valence-electron chi connectivity index (χ4n) is 5.62. The largest absolute Gasteiger partial charge is 0.481 e. The van der Waals surface area contributed by atoms with E-state index in [1.807, 2.05) is 62.4 Å². The molecule has 1 fully saturated rings. The fraction of sp³-hybridized carbons (Fsp3) is 0.297. The highest BCUT2D eigenvalue weighted by molar-refractivity contribution is 8.03. The van der Waals surface area contributed by atoms with Gasteiger partial charge in [0.15, 0.2) is 0 Å². The lowest BCUT2D eigenvalue weighted by atomic mass is 9.87. The number of hydrogen-bond acceptors (Lipinski definition) is 4. The number of hydrogen-bond donors (Lipinski definition) is 2. The van der Waals surface area contributed by atoms with E-state index < -0.39 is 11.6 Å². The summed E-state index contributed by atoms with van der Waals surface area (Å²) in [6, 6.07) is 26.4. The van der Waals surface area contributed by atoms with Gasteiger partial charge in [-0.15, -0.1) is 11.8 Å². The number of nitrogens with zero attached hydrogens (tertiary/aromatic N) is 1. The van der Waals surface area contributed by atoms with Gasteiger partial charge in [-0.1, -0.05) is 84.9 Å². The van der Waals surface area contributed by atoms with Crippen molar-refractivity contribution in [1.29, 1.82) is 0 Å². The van der Waals surface area contributed by atoms with Crippen molar-refractivity contribution in [2.45, 2.75) is 57.5 Å². The molecule has 1 saturated carbocycles. The highest BCUT2D eigenvalue weighted by atomic mass is 35.5. The van der Waals surface area contributed by atoms with Crippen LogP contribution in [-0.2, 0) is 16.8 Å². The second-order valence-corrected chi connectivity index (χ2v) is 13.7. The standard InChI is InChI=1S/C37H38ClNO3S/c1-25(43-24-37(19-20-37)23-35(40)41)32(18-14-27-8-4-5-10-33(27)36(2,3)42)29-9-6-7-26(21-29)11-16-31-17-13-28-12-15-30(38)22-34(28)39-31/h4-13,15-17,21-22,32,42H,1,14,18-20,23-24H2,2-3H3,(H,40,41)/b16-11+/t32-/m0/s1. The van der Waals surface area contributed by atoms with E-state index in [1.165, 1.54) is 5.56 Å². The number of pyridine rings is 1. The summed E-state index contributed by atoms with van der Waals surface area (Å²) < 4.78 is 0. The fourth-order valence-corrected chi connectivity index (χ4v) is 7.13. The van der Waals surface area contributed by atoms with Gasteiger partial charge in [-0.2, -0.15) is 0 Å². The van der Waals surface area contributed by atoms with Crippen molar-refractivity contribution in [2.75, 3.05) is 5.75 Å². The summed E-state index contributed by atoms with van der Waals surface area (Å²) in [5.41, 5.74) is 4.97. The number of fused-ring (bicyclic) bond motifs is 1. The van der Waals surface area contributed by atoms with Crippen molar-refractivity contribution in [2.24, 2.45) is 5.41 Å². The lowest BCUT2D eigenvalue weighted by molar-refractivity contribution is -0.138. The van der Waals surface area contributed by atoms with E-state index in [0.29, 0.717) is 5.02 Å². The van der Waals surface area contributed by atoms with Crippen molar-refractivity contribution in [3.8, 4) is 0 Å². The summed E-state index contributed by atoms with van der Waals surface area (Å²) in [7, 11) is 0. The zero-order valence-electron chi connectivity index (χ0n) is 24.7. The Balaban J connectivity index is 1.38. The molecule has 6 heteroatoms. The summed E-state index contributed by atoms with van der Waals surface area (Å²) in [6.45, 7) is 8.16. The third kappa shape index (κ3) is 8.17. The highest BCUT2D eigenvalue weighted by Gasteiger charge is 2.44. The van der Waals surface area contributed by atoms with E-state index >= 15 is 0 Å². The van der Waals surface area contributed by atoms with Crippen LogP contribution in [0.25, 0.3) is 23.1 Å². The average Bonchev–Trinajstić information content (AvgIpc) is 3.73. The number of aliphatic carboxylic acids is 1. The zero-order chi connectivity index (χ0) is 30.6. The predicted octanol–water partition coefficient (Wildman–Crippen LogP) is 9.50. The first-order valence-electron chi connectivity index (χ1n) is 14.7. The number of thioether (sulfide) groups is 1. The number of aliphatic hydroxyl groups is 1. The zero-order valence-corrected chi connectivity index (χ0v) is 26.3. The number of aromatic nitrogens is 1. The lowest BCUT2D eigenvalue weighted by Crippen LogP contribution is -2.18. The van der Waals surface area contributed by atoms with Gasteiger partial charge in [0, 0.05) is 22.1 Å². The van der Waals surface area contributed by atoms with Crippen LogP contribution >= 0.6 is 23.4 Å². The molecule has 43 heavy (non-hydrogen) atoms. The second kappa shape index (κ2) is 13.1. The van der Waals surface area contributed by atoms with E-state index in [1.54, 1.807) is 11.8 Å². The van der Waals surface area contributed by atoms with Crippen LogP contribution in [0.5, 0.6) is 0 Å². The second-order valence-electron chi connectivity index (χ2n) is 12.2. The van der Waals surface area contributed by atoms with Crippen LogP contribution in [0.1, 0.15) is 73.4 Å². The molecule has 3 aromatic carbocycles. The van der Waals surface area contributed by atoms with Crippen molar-refractivity contribution in [3.63, 3.8) is 0 Å². The van der Waals surface area contributed by atoms with Gasteiger partial charge in [0.25, 0.3) is 0 Å². The summed E-state index contributed by atoms with van der Waals surface area (Å²) in [4.78, 5) is 17.2.